The van der Waals surface area contributed by atoms with Crippen molar-refractivity contribution in [2.45, 2.75) is 31.0 Å². The molecule has 1 aromatic rings. The number of hydrogen-bond donors (Lipinski definition) is 1. The van der Waals surface area contributed by atoms with Crippen LogP contribution in [0.25, 0.3) is 0 Å². The highest BCUT2D eigenvalue weighted by atomic mass is 32.2. The molecule has 122 valence electrons. The number of sulfonamides is 1. The molecule has 1 heterocycles. The summed E-state index contributed by atoms with van der Waals surface area (Å²) in [5, 5.41) is 6.97. The van der Waals surface area contributed by atoms with E-state index < -0.39 is 22.7 Å². The molecule has 1 N–H and O–H groups in total. The predicted molar refractivity (Wildman–Crippen MR) is 71.3 cm³/mol. The highest BCUT2D eigenvalue weighted by molar-refractivity contribution is 7.89. The summed E-state index contributed by atoms with van der Waals surface area (Å²) < 4.78 is 62.4. The van der Waals surface area contributed by atoms with Gasteiger partial charge >= 0.3 is 6.18 Å². The Balaban J connectivity index is 2.70. The molecule has 0 aliphatic carbocycles. The van der Waals surface area contributed by atoms with Crippen LogP contribution in [0.1, 0.15) is 13.3 Å². The standard InChI is InChI=1S/C11H19F3N4O2S/c1-3-15-5-4-6-18-8-10(7-16-18)21(19,20)17(2)9-11(12,13)14/h7-8,15H,3-6,9H2,1-2H3. The highest BCUT2D eigenvalue weighted by Crippen LogP contribution is 2.20. The van der Waals surface area contributed by atoms with E-state index in [1.807, 2.05) is 6.92 Å². The third kappa shape index (κ3) is 5.64. The Morgan fingerprint density at radius 1 is 1.43 bits per heavy atom. The molecule has 6 nitrogen and oxygen atoms in total. The van der Waals surface area contributed by atoms with Gasteiger partial charge in [0.15, 0.2) is 0 Å². The number of nitrogens with zero attached hydrogens (tertiary/aromatic N) is 3. The Morgan fingerprint density at radius 3 is 2.67 bits per heavy atom. The second-order valence-corrected chi connectivity index (χ2v) is 6.57. The Kier molecular flexibility index (Phi) is 6.17. The zero-order valence-electron chi connectivity index (χ0n) is 11.9. The summed E-state index contributed by atoms with van der Waals surface area (Å²) >= 11 is 0. The van der Waals surface area contributed by atoms with Crippen molar-refractivity contribution in [1.82, 2.24) is 19.4 Å². The van der Waals surface area contributed by atoms with Gasteiger partial charge in [-0.1, -0.05) is 6.92 Å². The smallest absolute Gasteiger partial charge is 0.317 e. The van der Waals surface area contributed by atoms with Crippen LogP contribution in [0.2, 0.25) is 0 Å². The fraction of sp³-hybridized carbons (Fsp3) is 0.727. The maximum atomic E-state index is 12.3. The van der Waals surface area contributed by atoms with Crippen molar-refractivity contribution >= 4 is 10.0 Å². The minimum Gasteiger partial charge on any atom is -0.317 e. The first-order valence-corrected chi connectivity index (χ1v) is 7.87. The fourth-order valence-corrected chi connectivity index (χ4v) is 2.77. The summed E-state index contributed by atoms with van der Waals surface area (Å²) in [7, 11) is -3.28. The van der Waals surface area contributed by atoms with Crippen molar-refractivity contribution in [3.63, 3.8) is 0 Å². The largest absolute Gasteiger partial charge is 0.402 e. The van der Waals surface area contributed by atoms with Gasteiger partial charge in [-0.15, -0.1) is 0 Å². The van der Waals surface area contributed by atoms with E-state index in [0.29, 0.717) is 6.54 Å². The minimum atomic E-state index is -4.58. The van der Waals surface area contributed by atoms with Crippen LogP contribution in [0.5, 0.6) is 0 Å². The number of aryl methyl sites for hydroxylation is 1. The normalized spacial score (nSPS) is 13.0. The first-order valence-electron chi connectivity index (χ1n) is 6.43. The lowest BCUT2D eigenvalue weighted by atomic mass is 10.4. The number of nitrogens with one attached hydrogen (secondary N) is 1. The Bertz CT molecular complexity index is 542. The van der Waals surface area contributed by atoms with Gasteiger partial charge in [0, 0.05) is 19.8 Å². The Morgan fingerprint density at radius 2 is 2.10 bits per heavy atom. The molecule has 0 saturated heterocycles. The van der Waals surface area contributed by atoms with Gasteiger partial charge in [-0.3, -0.25) is 4.68 Å². The van der Waals surface area contributed by atoms with E-state index in [1.165, 1.54) is 10.9 Å². The van der Waals surface area contributed by atoms with E-state index in [0.717, 1.165) is 32.8 Å². The fourth-order valence-electron chi connectivity index (χ4n) is 1.66. The van der Waals surface area contributed by atoms with Gasteiger partial charge in [-0.05, 0) is 19.5 Å². The van der Waals surface area contributed by atoms with Gasteiger partial charge in [0.25, 0.3) is 0 Å². The molecular weight excluding hydrogens is 309 g/mol. The van der Waals surface area contributed by atoms with Crippen molar-refractivity contribution in [1.29, 1.82) is 0 Å². The van der Waals surface area contributed by atoms with Gasteiger partial charge in [0.05, 0.1) is 6.20 Å². The molecule has 0 amide bonds. The van der Waals surface area contributed by atoms with Gasteiger partial charge < -0.3 is 5.32 Å². The summed E-state index contributed by atoms with van der Waals surface area (Å²) in [5.74, 6) is 0. The summed E-state index contributed by atoms with van der Waals surface area (Å²) in [6.07, 6.45) is -1.53. The molecule has 1 aromatic heterocycles. The second-order valence-electron chi connectivity index (χ2n) is 4.52. The van der Waals surface area contributed by atoms with Crippen molar-refractivity contribution in [2.24, 2.45) is 0 Å². The third-order valence-electron chi connectivity index (χ3n) is 2.71. The van der Waals surface area contributed by atoms with Crippen LogP contribution < -0.4 is 5.32 Å². The summed E-state index contributed by atoms with van der Waals surface area (Å²) in [6.45, 7) is 2.52. The van der Waals surface area contributed by atoms with Crippen molar-refractivity contribution < 1.29 is 21.6 Å². The molecule has 21 heavy (non-hydrogen) atoms. The molecule has 0 aromatic carbocycles. The number of aromatic nitrogens is 2. The van der Waals surface area contributed by atoms with Gasteiger partial charge in [0.2, 0.25) is 10.0 Å². The quantitative estimate of drug-likeness (QED) is 0.725. The zero-order chi connectivity index (χ0) is 16.1. The van der Waals surface area contributed by atoms with E-state index in [4.69, 9.17) is 0 Å². The topological polar surface area (TPSA) is 67.2 Å². The van der Waals surface area contributed by atoms with Crippen LogP contribution in [0.4, 0.5) is 13.2 Å². The molecule has 10 heteroatoms. The van der Waals surface area contributed by atoms with Crippen LogP contribution in [0.15, 0.2) is 17.3 Å². The summed E-state index contributed by atoms with van der Waals surface area (Å²) in [6, 6.07) is 0. The van der Waals surface area contributed by atoms with E-state index in [1.54, 1.807) is 0 Å². The Hall–Kier alpha value is -1.13. The first kappa shape index (κ1) is 17.9. The van der Waals surface area contributed by atoms with Crippen LogP contribution in [-0.2, 0) is 16.6 Å². The maximum Gasteiger partial charge on any atom is 0.402 e. The molecular formula is C11H19F3N4O2S. The van der Waals surface area contributed by atoms with E-state index in [9.17, 15) is 21.6 Å². The summed E-state index contributed by atoms with van der Waals surface area (Å²) in [4.78, 5) is -0.238. The average molecular weight is 328 g/mol. The molecule has 0 radical (unpaired) electrons. The SMILES string of the molecule is CCNCCCn1cc(S(=O)(=O)N(C)CC(F)(F)F)cn1. The molecule has 0 saturated carbocycles. The molecule has 0 aliphatic heterocycles. The molecule has 0 bridgehead atoms. The number of halogens is 3. The molecule has 0 atom stereocenters. The van der Waals surface area contributed by atoms with Crippen molar-refractivity contribution in [3.05, 3.63) is 12.4 Å². The van der Waals surface area contributed by atoms with Gasteiger partial charge in [0.1, 0.15) is 11.4 Å². The monoisotopic (exact) mass is 328 g/mol. The Labute approximate surface area is 122 Å². The lowest BCUT2D eigenvalue weighted by Crippen LogP contribution is -2.35. The summed E-state index contributed by atoms with van der Waals surface area (Å²) in [5.41, 5.74) is 0. The average Bonchev–Trinajstić information content (AvgIpc) is 2.82. The van der Waals surface area contributed by atoms with E-state index in [2.05, 4.69) is 10.4 Å². The lowest BCUT2D eigenvalue weighted by molar-refractivity contribution is -0.134. The number of rotatable bonds is 8. The number of alkyl halides is 3. The molecule has 1 rings (SSSR count). The molecule has 0 fully saturated rings. The minimum absolute atomic E-state index is 0.238. The molecule has 0 aliphatic rings. The first-order chi connectivity index (χ1) is 9.66. The maximum absolute atomic E-state index is 12.3. The second kappa shape index (κ2) is 7.23. The van der Waals surface area contributed by atoms with Crippen molar-refractivity contribution in [3.8, 4) is 0 Å². The van der Waals surface area contributed by atoms with Crippen LogP contribution in [-0.4, -0.2) is 55.4 Å². The molecule has 0 spiro atoms. The third-order valence-corrected chi connectivity index (χ3v) is 4.47. The van der Waals surface area contributed by atoms with Gasteiger partial charge in [-0.25, -0.2) is 8.42 Å². The van der Waals surface area contributed by atoms with Crippen LogP contribution in [0, 0.1) is 0 Å². The van der Waals surface area contributed by atoms with Crippen molar-refractivity contribution in [2.75, 3.05) is 26.7 Å². The van der Waals surface area contributed by atoms with E-state index >= 15 is 0 Å². The number of hydrogen-bond acceptors (Lipinski definition) is 4. The molecule has 0 unspecified atom stereocenters. The zero-order valence-corrected chi connectivity index (χ0v) is 12.7. The van der Waals surface area contributed by atoms with Crippen LogP contribution >= 0.6 is 0 Å². The van der Waals surface area contributed by atoms with Gasteiger partial charge in [-0.2, -0.15) is 22.6 Å². The predicted octanol–water partition coefficient (Wildman–Crippen LogP) is 1.07. The lowest BCUT2D eigenvalue weighted by Gasteiger charge is -2.17. The highest BCUT2D eigenvalue weighted by Gasteiger charge is 2.35. The van der Waals surface area contributed by atoms with E-state index in [-0.39, 0.29) is 9.20 Å². The van der Waals surface area contributed by atoms with Crippen LogP contribution in [0.3, 0.4) is 0 Å².